The summed E-state index contributed by atoms with van der Waals surface area (Å²) >= 11 is 0. The molecular formula is C18H34N4O2. The molecule has 138 valence electrons. The van der Waals surface area contributed by atoms with E-state index in [1.54, 1.807) is 7.05 Å². The van der Waals surface area contributed by atoms with Gasteiger partial charge in [0.05, 0.1) is 6.10 Å². The fourth-order valence-corrected chi connectivity index (χ4v) is 3.83. The molecule has 0 spiro atoms. The first-order valence-corrected chi connectivity index (χ1v) is 9.45. The molecule has 0 aliphatic heterocycles. The second-order valence-corrected chi connectivity index (χ2v) is 7.58. The lowest BCUT2D eigenvalue weighted by Gasteiger charge is -2.31. The molecule has 1 amide bonds. The number of aliphatic hydroxyl groups is 1. The van der Waals surface area contributed by atoms with Crippen molar-refractivity contribution in [2.75, 3.05) is 13.6 Å². The van der Waals surface area contributed by atoms with Crippen molar-refractivity contribution in [2.24, 2.45) is 16.8 Å². The van der Waals surface area contributed by atoms with Gasteiger partial charge in [0.25, 0.3) is 0 Å². The van der Waals surface area contributed by atoms with E-state index >= 15 is 0 Å². The molecule has 2 saturated carbocycles. The maximum absolute atomic E-state index is 12.2. The third-order valence-electron chi connectivity index (χ3n) is 5.19. The largest absolute Gasteiger partial charge is 0.393 e. The van der Waals surface area contributed by atoms with Crippen LogP contribution in [0, 0.1) is 11.8 Å². The van der Waals surface area contributed by atoms with Crippen LogP contribution < -0.4 is 16.0 Å². The number of hydrogen-bond acceptors (Lipinski definition) is 3. The third kappa shape index (κ3) is 5.65. The molecule has 0 saturated heterocycles. The highest BCUT2D eigenvalue weighted by Gasteiger charge is 2.29. The molecule has 0 aromatic heterocycles. The van der Waals surface area contributed by atoms with Gasteiger partial charge in [-0.05, 0) is 46.0 Å². The predicted molar refractivity (Wildman–Crippen MR) is 96.9 cm³/mol. The van der Waals surface area contributed by atoms with Gasteiger partial charge in [0, 0.05) is 37.5 Å². The summed E-state index contributed by atoms with van der Waals surface area (Å²) in [6, 6.07) is 0.472. The molecule has 2 aliphatic rings. The van der Waals surface area contributed by atoms with Crippen molar-refractivity contribution in [1.29, 1.82) is 0 Å². The maximum atomic E-state index is 12.2. The lowest BCUT2D eigenvalue weighted by molar-refractivity contribution is -0.126. The molecule has 2 rings (SSSR count). The minimum atomic E-state index is -0.186. The van der Waals surface area contributed by atoms with Gasteiger partial charge in [0.1, 0.15) is 0 Å². The number of aliphatic hydroxyl groups excluding tert-OH is 1. The standard InChI is InChI=1S/C18H34N4O2/c1-12(2)21-17(24)13-6-4-8-15(10-13)22-18(19-3)20-11-14-7-5-9-16(14)23/h12-16,23H,4-11H2,1-3H3,(H,21,24)(H2,19,20,22). The van der Waals surface area contributed by atoms with Crippen LogP contribution >= 0.6 is 0 Å². The molecular weight excluding hydrogens is 304 g/mol. The SMILES string of the molecule is CN=C(NCC1CCCC1O)NC1CCCC(C(=O)NC(C)C)C1. The van der Waals surface area contributed by atoms with Gasteiger partial charge in [-0.2, -0.15) is 0 Å². The summed E-state index contributed by atoms with van der Waals surface area (Å²) in [7, 11) is 1.77. The second-order valence-electron chi connectivity index (χ2n) is 7.58. The van der Waals surface area contributed by atoms with E-state index in [2.05, 4.69) is 20.9 Å². The molecule has 4 unspecified atom stereocenters. The molecule has 4 N–H and O–H groups in total. The molecule has 6 nitrogen and oxygen atoms in total. The fraction of sp³-hybridized carbons (Fsp3) is 0.889. The van der Waals surface area contributed by atoms with Gasteiger partial charge in [-0.1, -0.05) is 12.8 Å². The van der Waals surface area contributed by atoms with Crippen molar-refractivity contribution in [2.45, 2.75) is 77.0 Å². The number of amides is 1. The summed E-state index contributed by atoms with van der Waals surface area (Å²) in [5.74, 6) is 1.37. The van der Waals surface area contributed by atoms with Crippen LogP contribution in [0.2, 0.25) is 0 Å². The Morgan fingerprint density at radius 2 is 1.96 bits per heavy atom. The molecule has 2 fully saturated rings. The molecule has 6 heteroatoms. The Balaban J connectivity index is 1.78. The fourth-order valence-electron chi connectivity index (χ4n) is 3.83. The average molecular weight is 338 g/mol. The van der Waals surface area contributed by atoms with E-state index in [9.17, 15) is 9.90 Å². The number of aliphatic imine (C=N–C) groups is 1. The number of carbonyl (C=O) groups is 1. The lowest BCUT2D eigenvalue weighted by atomic mass is 9.85. The van der Waals surface area contributed by atoms with Gasteiger partial charge in [-0.25, -0.2) is 0 Å². The number of hydrogen-bond donors (Lipinski definition) is 4. The Kier molecular flexibility index (Phi) is 7.34. The normalized spacial score (nSPS) is 31.1. The summed E-state index contributed by atoms with van der Waals surface area (Å²) in [4.78, 5) is 16.5. The first kappa shape index (κ1) is 19.0. The summed E-state index contributed by atoms with van der Waals surface area (Å²) < 4.78 is 0. The zero-order valence-corrected chi connectivity index (χ0v) is 15.3. The monoisotopic (exact) mass is 338 g/mol. The van der Waals surface area contributed by atoms with Gasteiger partial charge >= 0.3 is 0 Å². The second kappa shape index (κ2) is 9.25. The van der Waals surface area contributed by atoms with Gasteiger partial charge in [0.15, 0.2) is 5.96 Å². The Hall–Kier alpha value is -1.30. The quantitative estimate of drug-likeness (QED) is 0.451. The average Bonchev–Trinajstić information content (AvgIpc) is 2.96. The van der Waals surface area contributed by atoms with Crippen LogP contribution in [0.3, 0.4) is 0 Å². The topological polar surface area (TPSA) is 85.8 Å². The zero-order chi connectivity index (χ0) is 17.5. The number of carbonyl (C=O) groups excluding carboxylic acids is 1. The van der Waals surface area contributed by atoms with Crippen LogP contribution in [0.5, 0.6) is 0 Å². The maximum Gasteiger partial charge on any atom is 0.223 e. The van der Waals surface area contributed by atoms with Gasteiger partial charge in [-0.15, -0.1) is 0 Å². The molecule has 4 atom stereocenters. The summed E-state index contributed by atoms with van der Waals surface area (Å²) in [6.07, 6.45) is 6.86. The minimum Gasteiger partial charge on any atom is -0.393 e. The number of nitrogens with zero attached hydrogens (tertiary/aromatic N) is 1. The van der Waals surface area contributed by atoms with E-state index in [0.29, 0.717) is 5.92 Å². The molecule has 0 aromatic rings. The highest BCUT2D eigenvalue weighted by atomic mass is 16.3. The van der Waals surface area contributed by atoms with Crippen molar-refractivity contribution in [3.05, 3.63) is 0 Å². The molecule has 2 aliphatic carbocycles. The summed E-state index contributed by atoms with van der Waals surface area (Å²) in [5, 5.41) is 19.7. The van der Waals surface area contributed by atoms with E-state index in [-0.39, 0.29) is 30.0 Å². The first-order valence-electron chi connectivity index (χ1n) is 9.45. The van der Waals surface area contributed by atoms with E-state index < -0.39 is 0 Å². The molecule has 0 aromatic carbocycles. The van der Waals surface area contributed by atoms with Gasteiger partial charge in [-0.3, -0.25) is 9.79 Å². The van der Waals surface area contributed by atoms with Crippen LogP contribution in [-0.4, -0.2) is 48.8 Å². The van der Waals surface area contributed by atoms with E-state index in [0.717, 1.165) is 57.5 Å². The summed E-state index contributed by atoms with van der Waals surface area (Å²) in [5.41, 5.74) is 0. The van der Waals surface area contributed by atoms with Gasteiger partial charge in [0.2, 0.25) is 5.91 Å². The Labute approximate surface area is 145 Å². The van der Waals surface area contributed by atoms with Crippen LogP contribution in [-0.2, 0) is 4.79 Å². The van der Waals surface area contributed by atoms with Crippen LogP contribution in [0.4, 0.5) is 0 Å². The molecule has 0 bridgehead atoms. The van der Waals surface area contributed by atoms with Crippen molar-refractivity contribution < 1.29 is 9.90 Å². The molecule has 0 heterocycles. The third-order valence-corrected chi connectivity index (χ3v) is 5.19. The van der Waals surface area contributed by atoms with Crippen LogP contribution in [0.15, 0.2) is 4.99 Å². The zero-order valence-electron chi connectivity index (χ0n) is 15.3. The van der Waals surface area contributed by atoms with Crippen molar-refractivity contribution in [3.8, 4) is 0 Å². The van der Waals surface area contributed by atoms with Gasteiger partial charge < -0.3 is 21.1 Å². The first-order chi connectivity index (χ1) is 11.5. The lowest BCUT2D eigenvalue weighted by Crippen LogP contribution is -2.48. The predicted octanol–water partition coefficient (Wildman–Crippen LogP) is 1.40. The Morgan fingerprint density at radius 3 is 2.58 bits per heavy atom. The number of nitrogens with one attached hydrogen (secondary N) is 3. The van der Waals surface area contributed by atoms with Crippen LogP contribution in [0.1, 0.15) is 58.8 Å². The molecule has 0 radical (unpaired) electrons. The van der Waals surface area contributed by atoms with Crippen molar-refractivity contribution in [3.63, 3.8) is 0 Å². The van der Waals surface area contributed by atoms with Crippen LogP contribution in [0.25, 0.3) is 0 Å². The smallest absolute Gasteiger partial charge is 0.223 e. The highest BCUT2D eigenvalue weighted by molar-refractivity contribution is 5.81. The Morgan fingerprint density at radius 1 is 1.21 bits per heavy atom. The summed E-state index contributed by atoms with van der Waals surface area (Å²) in [6.45, 7) is 4.75. The van der Waals surface area contributed by atoms with E-state index in [4.69, 9.17) is 0 Å². The Bertz CT molecular complexity index is 439. The molecule has 24 heavy (non-hydrogen) atoms. The van der Waals surface area contributed by atoms with Crippen molar-refractivity contribution in [1.82, 2.24) is 16.0 Å². The van der Waals surface area contributed by atoms with Crippen molar-refractivity contribution >= 4 is 11.9 Å². The minimum absolute atomic E-state index is 0.0911. The van der Waals surface area contributed by atoms with E-state index in [1.807, 2.05) is 13.8 Å². The number of rotatable bonds is 5. The number of guanidine groups is 1. The highest BCUT2D eigenvalue weighted by Crippen LogP contribution is 2.25. The van der Waals surface area contributed by atoms with E-state index in [1.165, 1.54) is 0 Å².